The fourth-order valence-electron chi connectivity index (χ4n) is 3.05. The molecule has 2 aliphatic rings. The van der Waals surface area contributed by atoms with Crippen molar-refractivity contribution >= 4 is 11.8 Å². The first-order valence-electron chi connectivity index (χ1n) is 5.48. The largest absolute Gasteiger partial charge is 0.381 e. The molecule has 1 unspecified atom stereocenters. The number of ether oxygens (including phenoxy) is 1. The van der Waals surface area contributed by atoms with Gasteiger partial charge in [0.1, 0.15) is 0 Å². The number of piperidine rings is 1. The lowest BCUT2D eigenvalue weighted by Crippen LogP contribution is -2.58. The lowest BCUT2D eigenvalue weighted by Gasteiger charge is -2.52. The Kier molecular flexibility index (Phi) is 2.54. The molecule has 84 valence electrons. The maximum atomic E-state index is 11.7. The van der Waals surface area contributed by atoms with Gasteiger partial charge in [-0.3, -0.25) is 14.9 Å². The highest BCUT2D eigenvalue weighted by atomic mass is 16.5. The summed E-state index contributed by atoms with van der Waals surface area (Å²) in [4.78, 5) is 23.0. The van der Waals surface area contributed by atoms with Crippen LogP contribution in [-0.2, 0) is 14.3 Å². The van der Waals surface area contributed by atoms with Gasteiger partial charge in [0.2, 0.25) is 11.8 Å². The van der Waals surface area contributed by atoms with Crippen LogP contribution in [0.4, 0.5) is 0 Å². The van der Waals surface area contributed by atoms with E-state index in [1.54, 1.807) is 7.11 Å². The fraction of sp³-hybridized carbons (Fsp3) is 0.818. The number of imide groups is 1. The van der Waals surface area contributed by atoms with Gasteiger partial charge in [-0.1, -0.05) is 6.92 Å². The maximum absolute atomic E-state index is 11.7. The highest BCUT2D eigenvalue weighted by molar-refractivity contribution is 5.99. The Balaban J connectivity index is 2.14. The molecule has 1 atom stereocenters. The molecule has 2 amide bonds. The molecule has 2 fully saturated rings. The molecule has 0 aromatic heterocycles. The van der Waals surface area contributed by atoms with Crippen LogP contribution in [0.3, 0.4) is 0 Å². The summed E-state index contributed by atoms with van der Waals surface area (Å²) in [6.45, 7) is 2.00. The summed E-state index contributed by atoms with van der Waals surface area (Å²) in [7, 11) is 1.68. The lowest BCUT2D eigenvalue weighted by molar-refractivity contribution is -0.159. The molecule has 0 bridgehead atoms. The second kappa shape index (κ2) is 3.59. The summed E-state index contributed by atoms with van der Waals surface area (Å²) in [6, 6.07) is 0. The van der Waals surface area contributed by atoms with Gasteiger partial charge in [-0.15, -0.1) is 0 Å². The van der Waals surface area contributed by atoms with Crippen molar-refractivity contribution < 1.29 is 14.3 Å². The van der Waals surface area contributed by atoms with Crippen molar-refractivity contribution in [3.8, 4) is 0 Å². The molecule has 1 saturated heterocycles. The minimum absolute atomic E-state index is 0.0124. The number of carbonyl (C=O) groups is 2. The zero-order valence-electron chi connectivity index (χ0n) is 9.21. The zero-order valence-corrected chi connectivity index (χ0v) is 9.21. The Morgan fingerprint density at radius 1 is 1.47 bits per heavy atom. The van der Waals surface area contributed by atoms with Crippen molar-refractivity contribution in [3.05, 3.63) is 0 Å². The van der Waals surface area contributed by atoms with Gasteiger partial charge in [0.05, 0.1) is 6.10 Å². The Hall–Kier alpha value is -0.900. The summed E-state index contributed by atoms with van der Waals surface area (Å²) < 4.78 is 5.23. The monoisotopic (exact) mass is 211 g/mol. The average Bonchev–Trinajstić information content (AvgIpc) is 2.12. The number of amides is 2. The minimum atomic E-state index is -0.126. The molecule has 2 rings (SSSR count). The van der Waals surface area contributed by atoms with E-state index in [1.165, 1.54) is 0 Å². The first-order valence-corrected chi connectivity index (χ1v) is 5.48. The summed E-state index contributed by atoms with van der Waals surface area (Å²) >= 11 is 0. The molecule has 0 aromatic carbocycles. The van der Waals surface area contributed by atoms with Crippen molar-refractivity contribution in [3.63, 3.8) is 0 Å². The predicted molar refractivity (Wildman–Crippen MR) is 54.0 cm³/mol. The average molecular weight is 211 g/mol. The molecular formula is C11H17NO3. The van der Waals surface area contributed by atoms with E-state index in [0.29, 0.717) is 6.42 Å². The molecule has 1 N–H and O–H groups in total. The van der Waals surface area contributed by atoms with E-state index in [4.69, 9.17) is 4.74 Å². The molecule has 0 radical (unpaired) electrons. The molecule has 4 nitrogen and oxygen atoms in total. The van der Waals surface area contributed by atoms with Crippen molar-refractivity contribution in [2.45, 2.75) is 38.7 Å². The van der Waals surface area contributed by atoms with E-state index >= 15 is 0 Å². The lowest BCUT2D eigenvalue weighted by atomic mass is 9.55. The van der Waals surface area contributed by atoms with E-state index in [2.05, 4.69) is 5.32 Å². The number of rotatable bonds is 2. The number of nitrogens with one attached hydrogen (secondary N) is 1. The van der Waals surface area contributed by atoms with Crippen molar-refractivity contribution in [1.29, 1.82) is 0 Å². The smallest absolute Gasteiger partial charge is 0.230 e. The standard InChI is InChI=1S/C11H17NO3/c1-3-8-10(14)12-9(13)6-11(8)4-7(5-11)15-2/h7-8H,3-6H2,1-2H3,(H,12,13,14). The van der Waals surface area contributed by atoms with Crippen LogP contribution in [0.5, 0.6) is 0 Å². The fourth-order valence-corrected chi connectivity index (χ4v) is 3.05. The number of hydrogen-bond donors (Lipinski definition) is 1. The van der Waals surface area contributed by atoms with E-state index in [0.717, 1.165) is 19.3 Å². The van der Waals surface area contributed by atoms with Gasteiger partial charge in [0.25, 0.3) is 0 Å². The van der Waals surface area contributed by atoms with Gasteiger partial charge in [-0.2, -0.15) is 0 Å². The van der Waals surface area contributed by atoms with E-state index in [9.17, 15) is 9.59 Å². The summed E-state index contributed by atoms with van der Waals surface area (Å²) in [5.41, 5.74) is -0.102. The van der Waals surface area contributed by atoms with Gasteiger partial charge in [-0.05, 0) is 24.7 Å². The van der Waals surface area contributed by atoms with Crippen LogP contribution >= 0.6 is 0 Å². The normalized spacial score (nSPS) is 40.1. The maximum Gasteiger partial charge on any atom is 0.230 e. The van der Waals surface area contributed by atoms with Crippen molar-refractivity contribution in [1.82, 2.24) is 5.32 Å². The Bertz CT molecular complexity index is 294. The molecular weight excluding hydrogens is 194 g/mol. The second-order valence-electron chi connectivity index (χ2n) is 4.68. The number of methoxy groups -OCH3 is 1. The molecule has 1 saturated carbocycles. The van der Waals surface area contributed by atoms with Crippen LogP contribution in [0.25, 0.3) is 0 Å². The van der Waals surface area contributed by atoms with Crippen molar-refractivity contribution in [2.24, 2.45) is 11.3 Å². The van der Waals surface area contributed by atoms with Crippen LogP contribution in [0.1, 0.15) is 32.6 Å². The highest BCUT2D eigenvalue weighted by Crippen LogP contribution is 2.53. The highest BCUT2D eigenvalue weighted by Gasteiger charge is 2.55. The molecule has 1 spiro atoms. The summed E-state index contributed by atoms with van der Waals surface area (Å²) in [5.74, 6) is -0.232. The summed E-state index contributed by atoms with van der Waals surface area (Å²) in [5, 5.41) is 2.42. The van der Waals surface area contributed by atoms with Crippen LogP contribution < -0.4 is 5.32 Å². The van der Waals surface area contributed by atoms with Gasteiger partial charge < -0.3 is 4.74 Å². The first kappa shape index (κ1) is 10.6. The third-order valence-corrected chi connectivity index (χ3v) is 3.84. The van der Waals surface area contributed by atoms with E-state index < -0.39 is 0 Å². The van der Waals surface area contributed by atoms with Gasteiger partial charge in [-0.25, -0.2) is 0 Å². The zero-order chi connectivity index (χ0) is 11.1. The summed E-state index contributed by atoms with van der Waals surface area (Å²) in [6.07, 6.45) is 3.22. The molecule has 15 heavy (non-hydrogen) atoms. The number of carbonyl (C=O) groups excluding carboxylic acids is 2. The second-order valence-corrected chi connectivity index (χ2v) is 4.68. The minimum Gasteiger partial charge on any atom is -0.381 e. The third kappa shape index (κ3) is 1.57. The molecule has 1 aliphatic heterocycles. The molecule has 0 aromatic rings. The first-order chi connectivity index (χ1) is 7.11. The Labute approximate surface area is 89.4 Å². The molecule has 1 aliphatic carbocycles. The van der Waals surface area contributed by atoms with Crippen LogP contribution in [0, 0.1) is 11.3 Å². The number of hydrogen-bond acceptors (Lipinski definition) is 3. The van der Waals surface area contributed by atoms with E-state index in [1.807, 2.05) is 6.92 Å². The predicted octanol–water partition coefficient (Wildman–Crippen LogP) is 0.854. The van der Waals surface area contributed by atoms with Gasteiger partial charge in [0, 0.05) is 19.4 Å². The topological polar surface area (TPSA) is 55.4 Å². The molecule has 4 heteroatoms. The Morgan fingerprint density at radius 3 is 2.67 bits per heavy atom. The van der Waals surface area contributed by atoms with Crippen LogP contribution in [-0.4, -0.2) is 25.0 Å². The van der Waals surface area contributed by atoms with Gasteiger partial charge >= 0.3 is 0 Å². The molecule has 1 heterocycles. The quantitative estimate of drug-likeness (QED) is 0.689. The van der Waals surface area contributed by atoms with E-state index in [-0.39, 0.29) is 29.3 Å². The van der Waals surface area contributed by atoms with Crippen LogP contribution in [0.2, 0.25) is 0 Å². The SMILES string of the molecule is CCC1C(=O)NC(=O)CC12CC(OC)C2. The Morgan fingerprint density at radius 2 is 2.13 bits per heavy atom. The third-order valence-electron chi connectivity index (χ3n) is 3.84. The van der Waals surface area contributed by atoms with Crippen LogP contribution in [0.15, 0.2) is 0 Å². The van der Waals surface area contributed by atoms with Gasteiger partial charge in [0.15, 0.2) is 0 Å². The van der Waals surface area contributed by atoms with Crippen molar-refractivity contribution in [2.75, 3.05) is 7.11 Å².